The molecule has 108 valence electrons. The van der Waals surface area contributed by atoms with Gasteiger partial charge in [-0.25, -0.2) is 0 Å². The zero-order chi connectivity index (χ0) is 14.5. The van der Waals surface area contributed by atoms with Crippen LogP contribution in [0.25, 0.3) is 0 Å². The summed E-state index contributed by atoms with van der Waals surface area (Å²) in [6.45, 7) is 5.04. The number of alkyl halides is 3. The minimum Gasteiger partial charge on any atom is -0.405 e. The van der Waals surface area contributed by atoms with Gasteiger partial charge in [-0.2, -0.15) is 0 Å². The normalized spacial score (nSPS) is 11.7. The zero-order valence-corrected chi connectivity index (χ0v) is 12.4. The van der Waals surface area contributed by atoms with Crippen molar-refractivity contribution in [2.24, 2.45) is 5.92 Å². The molecule has 0 bridgehead atoms. The molecule has 0 aromatic heterocycles. The van der Waals surface area contributed by atoms with E-state index in [1.165, 1.54) is 6.07 Å². The third-order valence-electron chi connectivity index (χ3n) is 2.91. The topological polar surface area (TPSA) is 21.3 Å². The van der Waals surface area contributed by atoms with E-state index >= 15 is 0 Å². The van der Waals surface area contributed by atoms with Crippen molar-refractivity contribution >= 4 is 21.6 Å². The highest BCUT2D eigenvalue weighted by molar-refractivity contribution is 9.10. The van der Waals surface area contributed by atoms with Gasteiger partial charge in [0.1, 0.15) is 5.75 Å². The summed E-state index contributed by atoms with van der Waals surface area (Å²) in [4.78, 5) is 0. The molecular weight excluding hydrogens is 323 g/mol. The average molecular weight is 340 g/mol. The number of anilines is 1. The fraction of sp³-hybridized carbons (Fsp3) is 0.538. The first-order chi connectivity index (χ1) is 8.85. The van der Waals surface area contributed by atoms with Crippen LogP contribution in [0.1, 0.15) is 26.7 Å². The largest absolute Gasteiger partial charge is 0.573 e. The van der Waals surface area contributed by atoms with Gasteiger partial charge in [0.15, 0.2) is 0 Å². The zero-order valence-electron chi connectivity index (χ0n) is 10.9. The summed E-state index contributed by atoms with van der Waals surface area (Å²) in [6.07, 6.45) is -2.53. The summed E-state index contributed by atoms with van der Waals surface area (Å²) in [7, 11) is 0. The Hall–Kier alpha value is -0.910. The Morgan fingerprint density at radius 1 is 1.26 bits per heavy atom. The highest BCUT2D eigenvalue weighted by atomic mass is 79.9. The highest BCUT2D eigenvalue weighted by Gasteiger charge is 2.31. The molecule has 1 rings (SSSR count). The van der Waals surface area contributed by atoms with Gasteiger partial charge in [-0.1, -0.05) is 26.7 Å². The van der Waals surface area contributed by atoms with Crippen LogP contribution in [0.5, 0.6) is 5.75 Å². The van der Waals surface area contributed by atoms with Crippen LogP contribution < -0.4 is 10.1 Å². The van der Waals surface area contributed by atoms with Crippen molar-refractivity contribution in [3.63, 3.8) is 0 Å². The van der Waals surface area contributed by atoms with Crippen LogP contribution in [0.2, 0.25) is 0 Å². The lowest BCUT2D eigenvalue weighted by Crippen LogP contribution is -2.17. The summed E-state index contributed by atoms with van der Waals surface area (Å²) in [5.74, 6) is 0.325. The quantitative estimate of drug-likeness (QED) is 0.769. The van der Waals surface area contributed by atoms with Crippen LogP contribution in [-0.4, -0.2) is 12.9 Å². The molecule has 2 nitrogen and oxygen atoms in total. The molecule has 6 heteroatoms. The number of benzene rings is 1. The molecule has 0 aliphatic rings. The third-order valence-corrected chi connectivity index (χ3v) is 3.53. The van der Waals surface area contributed by atoms with Gasteiger partial charge in [0.05, 0.1) is 4.47 Å². The molecule has 0 radical (unpaired) electrons. The lowest BCUT2D eigenvalue weighted by Gasteiger charge is -2.16. The van der Waals surface area contributed by atoms with Crippen LogP contribution >= 0.6 is 15.9 Å². The Bertz CT molecular complexity index is 405. The van der Waals surface area contributed by atoms with Gasteiger partial charge in [-0.15, -0.1) is 13.2 Å². The van der Waals surface area contributed by atoms with Gasteiger partial charge in [-0.3, -0.25) is 0 Å². The summed E-state index contributed by atoms with van der Waals surface area (Å²) in [5.41, 5.74) is 0.772. The number of rotatable bonds is 6. The monoisotopic (exact) mass is 339 g/mol. The van der Waals surface area contributed by atoms with E-state index in [0.29, 0.717) is 5.92 Å². The van der Waals surface area contributed by atoms with E-state index < -0.39 is 6.36 Å². The molecule has 1 aromatic rings. The van der Waals surface area contributed by atoms with Crippen LogP contribution in [0, 0.1) is 5.92 Å². The Morgan fingerprint density at radius 2 is 1.89 bits per heavy atom. The molecular formula is C13H17BrF3NO. The second kappa shape index (κ2) is 7.03. The minimum atomic E-state index is -4.67. The Balaban J connectivity index is 2.66. The van der Waals surface area contributed by atoms with Crippen LogP contribution in [-0.2, 0) is 0 Å². The smallest absolute Gasteiger partial charge is 0.405 e. The van der Waals surface area contributed by atoms with Crippen molar-refractivity contribution in [1.82, 2.24) is 0 Å². The fourth-order valence-corrected chi connectivity index (χ4v) is 2.12. The maximum atomic E-state index is 12.1. The van der Waals surface area contributed by atoms with Gasteiger partial charge in [0.2, 0.25) is 0 Å². The SMILES string of the molecule is CCC(CC)CNc1ccc(OC(F)(F)F)c(Br)c1. The Kier molecular flexibility index (Phi) is 5.97. The van der Waals surface area contributed by atoms with E-state index in [1.807, 2.05) is 0 Å². The minimum absolute atomic E-state index is 0.236. The van der Waals surface area contributed by atoms with Crippen molar-refractivity contribution in [2.75, 3.05) is 11.9 Å². The van der Waals surface area contributed by atoms with Crippen molar-refractivity contribution in [1.29, 1.82) is 0 Å². The van der Waals surface area contributed by atoms with Crippen molar-refractivity contribution in [2.45, 2.75) is 33.1 Å². The van der Waals surface area contributed by atoms with Crippen molar-refractivity contribution in [3.05, 3.63) is 22.7 Å². The highest BCUT2D eigenvalue weighted by Crippen LogP contribution is 2.32. The lowest BCUT2D eigenvalue weighted by molar-refractivity contribution is -0.274. The molecule has 0 fully saturated rings. The van der Waals surface area contributed by atoms with Gasteiger partial charge >= 0.3 is 6.36 Å². The molecule has 1 N–H and O–H groups in total. The molecule has 0 aliphatic heterocycles. The number of ether oxygens (including phenoxy) is 1. The first-order valence-electron chi connectivity index (χ1n) is 6.14. The van der Waals surface area contributed by atoms with E-state index in [9.17, 15) is 13.2 Å². The third kappa shape index (κ3) is 5.72. The van der Waals surface area contributed by atoms with Crippen LogP contribution in [0.3, 0.4) is 0 Å². The molecule has 0 unspecified atom stereocenters. The number of halogens is 4. The number of hydrogen-bond acceptors (Lipinski definition) is 2. The predicted octanol–water partition coefficient (Wildman–Crippen LogP) is 5.20. The number of nitrogens with one attached hydrogen (secondary N) is 1. The molecule has 19 heavy (non-hydrogen) atoms. The Labute approximate surface area is 119 Å². The first-order valence-corrected chi connectivity index (χ1v) is 6.94. The lowest BCUT2D eigenvalue weighted by atomic mass is 10.0. The van der Waals surface area contributed by atoms with Gasteiger partial charge < -0.3 is 10.1 Å². The maximum Gasteiger partial charge on any atom is 0.573 e. The van der Waals surface area contributed by atoms with Crippen LogP contribution in [0.15, 0.2) is 22.7 Å². The van der Waals surface area contributed by atoms with E-state index in [0.717, 1.165) is 25.1 Å². The summed E-state index contributed by atoms with van der Waals surface area (Å²) < 4.78 is 40.5. The van der Waals surface area contributed by atoms with E-state index in [-0.39, 0.29) is 10.2 Å². The van der Waals surface area contributed by atoms with E-state index in [4.69, 9.17) is 0 Å². The van der Waals surface area contributed by atoms with Gasteiger partial charge in [-0.05, 0) is 40.0 Å². The van der Waals surface area contributed by atoms with E-state index in [1.54, 1.807) is 12.1 Å². The summed E-state index contributed by atoms with van der Waals surface area (Å²) >= 11 is 3.08. The average Bonchev–Trinajstić information content (AvgIpc) is 2.32. The molecule has 0 saturated carbocycles. The number of hydrogen-bond donors (Lipinski definition) is 1. The van der Waals surface area contributed by atoms with Crippen LogP contribution in [0.4, 0.5) is 18.9 Å². The Morgan fingerprint density at radius 3 is 2.37 bits per heavy atom. The molecule has 1 aromatic carbocycles. The fourth-order valence-electron chi connectivity index (χ4n) is 1.66. The van der Waals surface area contributed by atoms with Crippen molar-refractivity contribution in [3.8, 4) is 5.75 Å². The molecule has 0 heterocycles. The van der Waals surface area contributed by atoms with E-state index in [2.05, 4.69) is 39.8 Å². The standard InChI is InChI=1S/C13H17BrF3NO/c1-3-9(4-2)8-18-10-5-6-12(11(14)7-10)19-13(15,16)17/h5-7,9,18H,3-4,8H2,1-2H3. The molecule has 0 spiro atoms. The second-order valence-corrected chi connectivity index (χ2v) is 5.11. The maximum absolute atomic E-state index is 12.1. The second-order valence-electron chi connectivity index (χ2n) is 4.26. The molecule has 0 amide bonds. The first kappa shape index (κ1) is 16.1. The molecule has 0 atom stereocenters. The summed E-state index contributed by atoms with van der Waals surface area (Å²) in [5, 5.41) is 3.21. The van der Waals surface area contributed by atoms with Crippen molar-refractivity contribution < 1.29 is 17.9 Å². The molecule has 0 aliphatic carbocycles. The predicted molar refractivity (Wildman–Crippen MR) is 73.4 cm³/mol. The summed E-state index contributed by atoms with van der Waals surface area (Å²) in [6, 6.07) is 4.46. The molecule has 0 saturated heterocycles. The van der Waals surface area contributed by atoms with Gasteiger partial charge in [0, 0.05) is 12.2 Å². The van der Waals surface area contributed by atoms with Gasteiger partial charge in [0.25, 0.3) is 0 Å².